The SMILES string of the molecule is Cc1ccc(-c2c(C)noc2C)cc1N(CCCCCCOCC(=O)OC(C)(C)C)c1ccc(-n2ccnc2)cc1. The van der Waals surface area contributed by atoms with Crippen LogP contribution in [0.3, 0.4) is 0 Å². The molecule has 8 heteroatoms. The molecule has 4 rings (SSSR count). The van der Waals surface area contributed by atoms with Gasteiger partial charge in [-0.3, -0.25) is 0 Å². The summed E-state index contributed by atoms with van der Waals surface area (Å²) in [6, 6.07) is 15.1. The summed E-state index contributed by atoms with van der Waals surface area (Å²) in [6.07, 6.45) is 9.55. The van der Waals surface area contributed by atoms with E-state index in [0.29, 0.717) is 6.61 Å². The van der Waals surface area contributed by atoms with Gasteiger partial charge in [0.05, 0.1) is 12.0 Å². The molecule has 0 saturated carbocycles. The minimum atomic E-state index is -0.489. The molecule has 0 radical (unpaired) electrons. The van der Waals surface area contributed by atoms with Gasteiger partial charge in [0, 0.05) is 48.2 Å². The molecule has 2 aromatic carbocycles. The summed E-state index contributed by atoms with van der Waals surface area (Å²) < 4.78 is 18.3. The number of hydrogen-bond acceptors (Lipinski definition) is 7. The summed E-state index contributed by atoms with van der Waals surface area (Å²) >= 11 is 0. The van der Waals surface area contributed by atoms with Crippen molar-refractivity contribution in [2.45, 2.75) is 72.8 Å². The molecule has 0 saturated heterocycles. The molecule has 0 atom stereocenters. The third-order valence-corrected chi connectivity index (χ3v) is 6.85. The predicted octanol–water partition coefficient (Wildman–Crippen LogP) is 7.51. The number of carbonyl (C=O) groups is 1. The first-order valence-corrected chi connectivity index (χ1v) is 14.3. The molecule has 218 valence electrons. The van der Waals surface area contributed by atoms with Gasteiger partial charge in [-0.1, -0.05) is 30.1 Å². The molecule has 0 fully saturated rings. The largest absolute Gasteiger partial charge is 0.458 e. The van der Waals surface area contributed by atoms with Crippen LogP contribution in [0.15, 0.2) is 65.7 Å². The highest BCUT2D eigenvalue weighted by Gasteiger charge is 2.18. The van der Waals surface area contributed by atoms with Crippen LogP contribution in [-0.4, -0.2) is 46.0 Å². The number of benzene rings is 2. The zero-order chi connectivity index (χ0) is 29.4. The number of carbonyl (C=O) groups excluding carboxylic acids is 1. The van der Waals surface area contributed by atoms with Crippen molar-refractivity contribution < 1.29 is 18.8 Å². The minimum Gasteiger partial charge on any atom is -0.458 e. The van der Waals surface area contributed by atoms with Crippen LogP contribution in [0.4, 0.5) is 11.4 Å². The van der Waals surface area contributed by atoms with E-state index >= 15 is 0 Å². The molecule has 4 aromatic rings. The summed E-state index contributed by atoms with van der Waals surface area (Å²) in [5, 5.41) is 4.17. The van der Waals surface area contributed by atoms with E-state index in [2.05, 4.69) is 64.4 Å². The van der Waals surface area contributed by atoms with Gasteiger partial charge in [0.1, 0.15) is 18.0 Å². The number of rotatable bonds is 13. The maximum absolute atomic E-state index is 11.8. The van der Waals surface area contributed by atoms with E-state index in [1.54, 1.807) is 12.5 Å². The Balaban J connectivity index is 1.43. The number of hydrogen-bond donors (Lipinski definition) is 0. The maximum Gasteiger partial charge on any atom is 0.332 e. The molecule has 0 aliphatic rings. The molecule has 2 heterocycles. The van der Waals surface area contributed by atoms with Crippen LogP contribution in [0.5, 0.6) is 0 Å². The lowest BCUT2D eigenvalue weighted by Crippen LogP contribution is -2.26. The van der Waals surface area contributed by atoms with Crippen LogP contribution in [0, 0.1) is 20.8 Å². The summed E-state index contributed by atoms with van der Waals surface area (Å²) in [4.78, 5) is 18.4. The molecule has 0 unspecified atom stereocenters. The van der Waals surface area contributed by atoms with Gasteiger partial charge in [0.15, 0.2) is 0 Å². The smallest absolute Gasteiger partial charge is 0.332 e. The fraction of sp³-hybridized carbons (Fsp3) is 0.424. The Labute approximate surface area is 243 Å². The number of esters is 1. The van der Waals surface area contributed by atoms with Crippen LogP contribution < -0.4 is 4.90 Å². The van der Waals surface area contributed by atoms with Crippen LogP contribution in [0.1, 0.15) is 63.5 Å². The number of ether oxygens (including phenoxy) is 2. The van der Waals surface area contributed by atoms with Crippen molar-refractivity contribution in [3.05, 3.63) is 78.2 Å². The maximum atomic E-state index is 11.8. The third-order valence-electron chi connectivity index (χ3n) is 6.85. The molecule has 0 amide bonds. The Hall–Kier alpha value is -3.91. The van der Waals surface area contributed by atoms with Gasteiger partial charge in [-0.25, -0.2) is 9.78 Å². The van der Waals surface area contributed by atoms with Gasteiger partial charge in [-0.2, -0.15) is 0 Å². The molecule has 0 spiro atoms. The fourth-order valence-electron chi connectivity index (χ4n) is 4.91. The molecule has 2 aromatic heterocycles. The number of unbranched alkanes of at least 4 members (excludes halogenated alkanes) is 3. The summed E-state index contributed by atoms with van der Waals surface area (Å²) in [6.45, 7) is 13.1. The molecular weight excluding hydrogens is 516 g/mol. The van der Waals surface area contributed by atoms with E-state index in [0.717, 1.165) is 66.2 Å². The van der Waals surface area contributed by atoms with E-state index in [4.69, 9.17) is 14.0 Å². The van der Waals surface area contributed by atoms with Crippen LogP contribution in [-0.2, 0) is 14.3 Å². The van der Waals surface area contributed by atoms with Crippen molar-refractivity contribution in [3.63, 3.8) is 0 Å². The summed E-state index contributed by atoms with van der Waals surface area (Å²) in [7, 11) is 0. The number of imidazole rings is 1. The monoisotopic (exact) mass is 558 g/mol. The number of aryl methyl sites for hydroxylation is 3. The second-order valence-corrected chi connectivity index (χ2v) is 11.4. The normalized spacial score (nSPS) is 11.6. The number of nitrogens with zero attached hydrogens (tertiary/aromatic N) is 4. The highest BCUT2D eigenvalue weighted by atomic mass is 16.6. The van der Waals surface area contributed by atoms with Crippen molar-refractivity contribution >= 4 is 17.3 Å². The van der Waals surface area contributed by atoms with E-state index in [1.165, 1.54) is 11.3 Å². The number of aromatic nitrogens is 3. The first kappa shape index (κ1) is 30.1. The van der Waals surface area contributed by atoms with Gasteiger partial charge in [-0.15, -0.1) is 0 Å². The highest BCUT2D eigenvalue weighted by Crippen LogP contribution is 2.35. The van der Waals surface area contributed by atoms with E-state index in [9.17, 15) is 4.79 Å². The standard InChI is InChI=1S/C33H42N4O4/c1-24-11-12-27(32-25(2)35-41-26(32)3)21-30(24)37(29-15-13-28(14-16-29)36-19-17-34-23-36)18-9-7-8-10-20-39-22-31(38)40-33(4,5)6/h11-17,19,21,23H,7-10,18,20,22H2,1-6H3. The minimum absolute atomic E-state index is 0.000859. The molecule has 41 heavy (non-hydrogen) atoms. The van der Waals surface area contributed by atoms with Crippen molar-refractivity contribution in [2.24, 2.45) is 0 Å². The molecule has 0 aliphatic carbocycles. The molecular formula is C33H42N4O4. The van der Waals surface area contributed by atoms with E-state index < -0.39 is 5.60 Å². The lowest BCUT2D eigenvalue weighted by Gasteiger charge is -2.28. The van der Waals surface area contributed by atoms with Crippen LogP contribution >= 0.6 is 0 Å². The first-order valence-electron chi connectivity index (χ1n) is 14.3. The first-order chi connectivity index (χ1) is 19.6. The van der Waals surface area contributed by atoms with E-state index in [1.807, 2.05) is 45.4 Å². The Kier molecular flexibility index (Phi) is 10.00. The predicted molar refractivity (Wildman–Crippen MR) is 162 cm³/mol. The third kappa shape index (κ3) is 8.30. The molecule has 8 nitrogen and oxygen atoms in total. The molecule has 0 aliphatic heterocycles. The average molecular weight is 559 g/mol. The molecule has 0 N–H and O–H groups in total. The Bertz CT molecular complexity index is 1380. The van der Waals surface area contributed by atoms with Gasteiger partial charge >= 0.3 is 5.97 Å². The van der Waals surface area contributed by atoms with Crippen molar-refractivity contribution in [1.82, 2.24) is 14.7 Å². The Morgan fingerprint density at radius 3 is 2.41 bits per heavy atom. The quantitative estimate of drug-likeness (QED) is 0.124. The second kappa shape index (κ2) is 13.6. The highest BCUT2D eigenvalue weighted by molar-refractivity contribution is 5.76. The van der Waals surface area contributed by atoms with Gasteiger partial charge in [0.25, 0.3) is 0 Å². The van der Waals surface area contributed by atoms with Crippen LogP contribution in [0.25, 0.3) is 16.8 Å². The second-order valence-electron chi connectivity index (χ2n) is 11.4. The van der Waals surface area contributed by atoms with Gasteiger partial charge < -0.3 is 23.5 Å². The van der Waals surface area contributed by atoms with Crippen molar-refractivity contribution in [3.8, 4) is 16.8 Å². The van der Waals surface area contributed by atoms with Gasteiger partial charge in [-0.05, 0) is 95.8 Å². The van der Waals surface area contributed by atoms with E-state index in [-0.39, 0.29) is 12.6 Å². The van der Waals surface area contributed by atoms with Gasteiger partial charge in [0.2, 0.25) is 0 Å². The van der Waals surface area contributed by atoms with Crippen LogP contribution in [0.2, 0.25) is 0 Å². The summed E-state index contributed by atoms with van der Waals surface area (Å²) in [5.41, 5.74) is 7.12. The average Bonchev–Trinajstić information content (AvgIpc) is 3.58. The number of anilines is 2. The lowest BCUT2D eigenvalue weighted by atomic mass is 10.0. The lowest BCUT2D eigenvalue weighted by molar-refractivity contribution is -0.160. The Morgan fingerprint density at radius 1 is 1.00 bits per heavy atom. The van der Waals surface area contributed by atoms with Crippen molar-refractivity contribution in [1.29, 1.82) is 0 Å². The molecule has 0 bridgehead atoms. The summed E-state index contributed by atoms with van der Waals surface area (Å²) in [5.74, 6) is 0.504. The van der Waals surface area contributed by atoms with Crippen molar-refractivity contribution in [2.75, 3.05) is 24.7 Å². The zero-order valence-electron chi connectivity index (χ0n) is 25.1. The fourth-order valence-corrected chi connectivity index (χ4v) is 4.91. The zero-order valence-corrected chi connectivity index (χ0v) is 25.1. The Morgan fingerprint density at radius 2 is 1.76 bits per heavy atom. The topological polar surface area (TPSA) is 82.6 Å².